The van der Waals surface area contributed by atoms with Crippen molar-refractivity contribution in [3.8, 4) is 0 Å². The summed E-state index contributed by atoms with van der Waals surface area (Å²) in [5, 5.41) is 2.99. The third-order valence-corrected chi connectivity index (χ3v) is 6.54. The molecule has 0 saturated carbocycles. The van der Waals surface area contributed by atoms with Gasteiger partial charge in [-0.25, -0.2) is 12.7 Å². The van der Waals surface area contributed by atoms with E-state index in [4.69, 9.17) is 0 Å². The minimum Gasteiger partial charge on any atom is -0.353 e. The number of nitrogens with one attached hydrogen (secondary N) is 1. The Labute approximate surface area is 145 Å². The largest absolute Gasteiger partial charge is 0.353 e. The van der Waals surface area contributed by atoms with Gasteiger partial charge in [0.15, 0.2) is 0 Å². The Bertz CT molecular complexity index is 647. The molecule has 6 heteroatoms. The fraction of sp³-hybridized carbons (Fsp3) is 0.611. The number of rotatable bonds is 6. The highest BCUT2D eigenvalue weighted by molar-refractivity contribution is 7.88. The quantitative estimate of drug-likeness (QED) is 0.855. The second-order valence-corrected chi connectivity index (χ2v) is 8.70. The van der Waals surface area contributed by atoms with Gasteiger partial charge in [-0.3, -0.25) is 4.79 Å². The smallest absolute Gasteiger partial charge is 0.223 e. The summed E-state index contributed by atoms with van der Waals surface area (Å²) in [6.45, 7) is 6.84. The average molecular weight is 353 g/mol. The molecule has 5 nitrogen and oxygen atoms in total. The molecule has 1 aromatic rings. The zero-order valence-electron chi connectivity index (χ0n) is 14.8. The molecule has 0 unspecified atom stereocenters. The molecule has 1 saturated heterocycles. The van der Waals surface area contributed by atoms with Crippen LogP contribution in [0.2, 0.25) is 0 Å². The molecular formula is C18H28N2O3S. The highest BCUT2D eigenvalue weighted by Gasteiger charge is 2.31. The highest BCUT2D eigenvalue weighted by atomic mass is 32.2. The third kappa shape index (κ3) is 5.05. The van der Waals surface area contributed by atoms with Crippen LogP contribution in [0.25, 0.3) is 0 Å². The maximum atomic E-state index is 12.6. The first-order valence-electron chi connectivity index (χ1n) is 8.65. The lowest BCUT2D eigenvalue weighted by molar-refractivity contribution is -0.126. The summed E-state index contributed by atoms with van der Waals surface area (Å²) in [6.07, 6.45) is 2.08. The molecule has 0 spiro atoms. The molecule has 24 heavy (non-hydrogen) atoms. The number of benzene rings is 1. The van der Waals surface area contributed by atoms with Crippen molar-refractivity contribution in [2.75, 3.05) is 13.1 Å². The number of carbonyl (C=O) groups excluding carboxylic acids is 1. The number of sulfonamides is 1. The fourth-order valence-corrected chi connectivity index (χ4v) is 4.41. The van der Waals surface area contributed by atoms with Crippen LogP contribution in [0.4, 0.5) is 0 Å². The van der Waals surface area contributed by atoms with Gasteiger partial charge in [-0.05, 0) is 38.7 Å². The van der Waals surface area contributed by atoms with Gasteiger partial charge in [-0.2, -0.15) is 0 Å². The van der Waals surface area contributed by atoms with Crippen molar-refractivity contribution >= 4 is 15.9 Å². The van der Waals surface area contributed by atoms with E-state index in [-0.39, 0.29) is 23.6 Å². The van der Waals surface area contributed by atoms with Crippen LogP contribution in [0, 0.1) is 12.8 Å². The Hall–Kier alpha value is -1.40. The fourth-order valence-electron chi connectivity index (χ4n) is 2.85. The van der Waals surface area contributed by atoms with Gasteiger partial charge in [0.25, 0.3) is 0 Å². The lowest BCUT2D eigenvalue weighted by atomic mass is 9.97. The molecule has 1 fully saturated rings. The van der Waals surface area contributed by atoms with E-state index in [2.05, 4.69) is 5.32 Å². The van der Waals surface area contributed by atoms with Gasteiger partial charge in [-0.1, -0.05) is 36.8 Å². The van der Waals surface area contributed by atoms with Crippen LogP contribution in [-0.2, 0) is 20.6 Å². The van der Waals surface area contributed by atoms with E-state index >= 15 is 0 Å². The molecule has 0 aliphatic carbocycles. The van der Waals surface area contributed by atoms with E-state index in [9.17, 15) is 13.2 Å². The molecule has 1 aromatic carbocycles. The van der Waals surface area contributed by atoms with Crippen LogP contribution in [0.15, 0.2) is 24.3 Å². The molecule has 1 heterocycles. The molecular weight excluding hydrogens is 324 g/mol. The zero-order chi connectivity index (χ0) is 17.7. The van der Waals surface area contributed by atoms with Gasteiger partial charge in [0.05, 0.1) is 5.75 Å². The summed E-state index contributed by atoms with van der Waals surface area (Å²) >= 11 is 0. The van der Waals surface area contributed by atoms with Gasteiger partial charge < -0.3 is 5.32 Å². The summed E-state index contributed by atoms with van der Waals surface area (Å²) in [5.41, 5.74) is 1.92. The Morgan fingerprint density at radius 2 is 1.83 bits per heavy atom. The second-order valence-electron chi connectivity index (χ2n) is 6.73. The number of nitrogens with zero attached hydrogens (tertiary/aromatic N) is 1. The second kappa shape index (κ2) is 8.12. The summed E-state index contributed by atoms with van der Waals surface area (Å²) < 4.78 is 26.7. The van der Waals surface area contributed by atoms with Crippen LogP contribution < -0.4 is 5.32 Å². The first kappa shape index (κ1) is 18.9. The van der Waals surface area contributed by atoms with Gasteiger partial charge in [0.2, 0.25) is 15.9 Å². The predicted molar refractivity (Wildman–Crippen MR) is 96.0 cm³/mol. The maximum Gasteiger partial charge on any atom is 0.223 e. The van der Waals surface area contributed by atoms with E-state index in [1.807, 2.05) is 45.0 Å². The third-order valence-electron chi connectivity index (χ3n) is 4.69. The van der Waals surface area contributed by atoms with Crippen LogP contribution in [0.1, 0.15) is 44.2 Å². The molecule has 1 aliphatic rings. The number of amides is 1. The SMILES string of the molecule is CC[C@@H](C)NC(=O)C1CCN(S(=O)(=O)Cc2ccc(C)cc2)CC1. The minimum absolute atomic E-state index is 0.0248. The molecule has 1 atom stereocenters. The van der Waals surface area contributed by atoms with Crippen molar-refractivity contribution in [1.82, 2.24) is 9.62 Å². The number of aryl methyl sites for hydroxylation is 1. The van der Waals surface area contributed by atoms with Crippen molar-refractivity contribution in [2.24, 2.45) is 5.92 Å². The van der Waals surface area contributed by atoms with E-state index in [0.29, 0.717) is 25.9 Å². The van der Waals surface area contributed by atoms with E-state index in [1.165, 1.54) is 4.31 Å². The molecule has 0 bridgehead atoms. The average Bonchev–Trinajstić information content (AvgIpc) is 2.56. The number of piperidine rings is 1. The van der Waals surface area contributed by atoms with Crippen LogP contribution in [0.3, 0.4) is 0 Å². The summed E-state index contributed by atoms with van der Waals surface area (Å²) in [6, 6.07) is 7.74. The van der Waals surface area contributed by atoms with E-state index in [1.54, 1.807) is 0 Å². The Morgan fingerprint density at radius 1 is 1.25 bits per heavy atom. The Kier molecular flexibility index (Phi) is 6.40. The predicted octanol–water partition coefficient (Wildman–Crippen LogP) is 2.45. The summed E-state index contributed by atoms with van der Waals surface area (Å²) in [7, 11) is -3.32. The van der Waals surface area contributed by atoms with E-state index < -0.39 is 10.0 Å². The van der Waals surface area contributed by atoms with Crippen LogP contribution in [-0.4, -0.2) is 37.8 Å². The minimum atomic E-state index is -3.32. The van der Waals surface area contributed by atoms with E-state index in [0.717, 1.165) is 17.5 Å². The molecule has 2 rings (SSSR count). The first-order valence-corrected chi connectivity index (χ1v) is 10.3. The molecule has 1 N–H and O–H groups in total. The van der Waals surface area contributed by atoms with Crippen molar-refractivity contribution in [1.29, 1.82) is 0 Å². The standard InChI is InChI=1S/C18H28N2O3S/c1-4-15(3)19-18(21)17-9-11-20(12-10-17)24(22,23)13-16-7-5-14(2)6-8-16/h5-8,15,17H,4,9-13H2,1-3H3,(H,19,21)/t15-/m1/s1. The van der Waals surface area contributed by atoms with Crippen molar-refractivity contribution < 1.29 is 13.2 Å². The topological polar surface area (TPSA) is 66.5 Å². The normalized spacial score (nSPS) is 18.3. The van der Waals surface area contributed by atoms with Crippen LogP contribution >= 0.6 is 0 Å². The number of hydrogen-bond acceptors (Lipinski definition) is 3. The van der Waals surface area contributed by atoms with Crippen LogP contribution in [0.5, 0.6) is 0 Å². The lowest BCUT2D eigenvalue weighted by Crippen LogP contribution is -2.44. The lowest BCUT2D eigenvalue weighted by Gasteiger charge is -2.31. The van der Waals surface area contributed by atoms with Crippen molar-refractivity contribution in [2.45, 2.75) is 51.8 Å². The van der Waals surface area contributed by atoms with Gasteiger partial charge in [0, 0.05) is 25.0 Å². The van der Waals surface area contributed by atoms with Gasteiger partial charge in [0.1, 0.15) is 0 Å². The number of hydrogen-bond donors (Lipinski definition) is 1. The molecule has 0 radical (unpaired) electrons. The van der Waals surface area contributed by atoms with Gasteiger partial charge in [-0.15, -0.1) is 0 Å². The molecule has 1 amide bonds. The summed E-state index contributed by atoms with van der Waals surface area (Å²) in [4.78, 5) is 12.2. The molecule has 0 aromatic heterocycles. The monoisotopic (exact) mass is 352 g/mol. The Morgan fingerprint density at radius 3 is 2.38 bits per heavy atom. The maximum absolute atomic E-state index is 12.6. The molecule has 1 aliphatic heterocycles. The van der Waals surface area contributed by atoms with Crippen molar-refractivity contribution in [3.05, 3.63) is 35.4 Å². The van der Waals surface area contributed by atoms with Gasteiger partial charge >= 0.3 is 0 Å². The first-order chi connectivity index (χ1) is 11.3. The van der Waals surface area contributed by atoms with Crippen molar-refractivity contribution in [3.63, 3.8) is 0 Å². The zero-order valence-corrected chi connectivity index (χ0v) is 15.6. The molecule has 134 valence electrons. The summed E-state index contributed by atoms with van der Waals surface area (Å²) in [5.74, 6) is 0.00144. The Balaban J connectivity index is 1.90. The highest BCUT2D eigenvalue weighted by Crippen LogP contribution is 2.22. The number of carbonyl (C=O) groups is 1.